The fraction of sp³-hybridized carbons (Fsp3) is 0.188. The summed E-state index contributed by atoms with van der Waals surface area (Å²) in [6.45, 7) is 4.16. The fourth-order valence-electron chi connectivity index (χ4n) is 1.72. The molecule has 2 aromatic rings. The molecule has 0 saturated carbocycles. The molecule has 0 N–H and O–H groups in total. The van der Waals surface area contributed by atoms with Gasteiger partial charge in [0.15, 0.2) is 5.78 Å². The zero-order valence-electron chi connectivity index (χ0n) is 10.9. The Balaban J connectivity index is 2.04. The van der Waals surface area contributed by atoms with Crippen LogP contribution in [0, 0.1) is 13.8 Å². The predicted molar refractivity (Wildman–Crippen MR) is 82.4 cm³/mol. The van der Waals surface area contributed by atoms with E-state index in [1.165, 1.54) is 11.1 Å². The second kappa shape index (κ2) is 6.27. The lowest BCUT2D eigenvalue weighted by Crippen LogP contribution is -2.02. The molecular formula is C16H15ClOS. The second-order valence-corrected chi connectivity index (χ2v) is 5.89. The minimum Gasteiger partial charge on any atom is -0.293 e. The van der Waals surface area contributed by atoms with Crippen LogP contribution >= 0.6 is 23.4 Å². The minimum atomic E-state index is 0.0637. The van der Waals surface area contributed by atoms with Crippen molar-refractivity contribution in [1.29, 1.82) is 0 Å². The zero-order chi connectivity index (χ0) is 13.8. The van der Waals surface area contributed by atoms with Crippen LogP contribution in [0.15, 0.2) is 47.4 Å². The van der Waals surface area contributed by atoms with Gasteiger partial charge < -0.3 is 0 Å². The normalized spacial score (nSPS) is 10.5. The highest BCUT2D eigenvalue weighted by molar-refractivity contribution is 8.00. The third-order valence-corrected chi connectivity index (χ3v) is 4.35. The topological polar surface area (TPSA) is 17.1 Å². The number of aryl methyl sites for hydroxylation is 2. The van der Waals surface area contributed by atoms with Crippen LogP contribution in [0.1, 0.15) is 21.5 Å². The molecule has 0 bridgehead atoms. The van der Waals surface area contributed by atoms with Crippen LogP contribution in [-0.2, 0) is 0 Å². The Labute approximate surface area is 123 Å². The number of carbonyl (C=O) groups is 1. The molecule has 0 spiro atoms. The van der Waals surface area contributed by atoms with Crippen LogP contribution in [0.5, 0.6) is 0 Å². The van der Waals surface area contributed by atoms with Crippen molar-refractivity contribution in [2.24, 2.45) is 0 Å². The number of halogens is 1. The molecule has 0 aliphatic rings. The standard InChI is InChI=1S/C16H15ClOS/c1-11-7-8-13(9-12(11)2)19-10-16(18)14-5-3-4-6-15(14)17/h3-9H,10H2,1-2H3. The first-order valence-corrected chi connectivity index (χ1v) is 7.42. The fourth-order valence-corrected chi connectivity index (χ4v) is 2.84. The number of rotatable bonds is 4. The Morgan fingerprint density at radius 2 is 1.84 bits per heavy atom. The maximum atomic E-state index is 12.1. The van der Waals surface area contributed by atoms with E-state index in [0.29, 0.717) is 16.3 Å². The first-order valence-electron chi connectivity index (χ1n) is 6.05. The van der Waals surface area contributed by atoms with Crippen molar-refractivity contribution >= 4 is 29.1 Å². The van der Waals surface area contributed by atoms with E-state index in [2.05, 4.69) is 26.0 Å². The molecule has 0 atom stereocenters. The summed E-state index contributed by atoms with van der Waals surface area (Å²) in [7, 11) is 0. The summed E-state index contributed by atoms with van der Waals surface area (Å²) in [6.07, 6.45) is 0. The van der Waals surface area contributed by atoms with E-state index in [1.54, 1.807) is 23.9 Å². The number of Topliss-reactive ketones (excluding diaryl/α,β-unsaturated/α-hetero) is 1. The molecule has 2 rings (SSSR count). The van der Waals surface area contributed by atoms with Gasteiger partial charge in [-0.25, -0.2) is 0 Å². The molecule has 2 aromatic carbocycles. The van der Waals surface area contributed by atoms with Gasteiger partial charge in [-0.1, -0.05) is 29.8 Å². The summed E-state index contributed by atoms with van der Waals surface area (Å²) < 4.78 is 0. The lowest BCUT2D eigenvalue weighted by Gasteiger charge is -2.06. The molecule has 98 valence electrons. The zero-order valence-corrected chi connectivity index (χ0v) is 12.5. The SMILES string of the molecule is Cc1ccc(SCC(=O)c2ccccc2Cl)cc1C. The summed E-state index contributed by atoms with van der Waals surface area (Å²) in [5.41, 5.74) is 3.11. The van der Waals surface area contributed by atoms with Crippen LogP contribution in [0.25, 0.3) is 0 Å². The first kappa shape index (κ1) is 14.2. The van der Waals surface area contributed by atoms with Crippen molar-refractivity contribution in [3.05, 3.63) is 64.2 Å². The molecule has 3 heteroatoms. The number of hydrogen-bond acceptors (Lipinski definition) is 2. The molecule has 0 saturated heterocycles. The molecular weight excluding hydrogens is 276 g/mol. The average molecular weight is 291 g/mol. The van der Waals surface area contributed by atoms with E-state index in [-0.39, 0.29) is 5.78 Å². The van der Waals surface area contributed by atoms with E-state index < -0.39 is 0 Å². The van der Waals surface area contributed by atoms with Crippen molar-refractivity contribution in [3.63, 3.8) is 0 Å². The summed E-state index contributed by atoms with van der Waals surface area (Å²) in [4.78, 5) is 13.2. The molecule has 0 radical (unpaired) electrons. The van der Waals surface area contributed by atoms with Crippen LogP contribution in [0.4, 0.5) is 0 Å². The number of carbonyl (C=O) groups excluding carboxylic acids is 1. The van der Waals surface area contributed by atoms with Crippen molar-refractivity contribution in [2.75, 3.05) is 5.75 Å². The highest BCUT2D eigenvalue weighted by Gasteiger charge is 2.10. The van der Waals surface area contributed by atoms with E-state index in [0.717, 1.165) is 4.90 Å². The van der Waals surface area contributed by atoms with Gasteiger partial charge in [-0.15, -0.1) is 11.8 Å². The third kappa shape index (κ3) is 3.62. The molecule has 0 aliphatic heterocycles. The summed E-state index contributed by atoms with van der Waals surface area (Å²) in [5, 5.41) is 0.521. The largest absolute Gasteiger partial charge is 0.293 e. The van der Waals surface area contributed by atoms with E-state index in [1.807, 2.05) is 18.2 Å². The maximum Gasteiger partial charge on any atom is 0.174 e. The van der Waals surface area contributed by atoms with Gasteiger partial charge in [-0.05, 0) is 49.2 Å². The van der Waals surface area contributed by atoms with Gasteiger partial charge >= 0.3 is 0 Å². The van der Waals surface area contributed by atoms with Gasteiger partial charge in [0.2, 0.25) is 0 Å². The molecule has 1 nitrogen and oxygen atoms in total. The Morgan fingerprint density at radius 1 is 1.11 bits per heavy atom. The van der Waals surface area contributed by atoms with Crippen molar-refractivity contribution in [3.8, 4) is 0 Å². The maximum absolute atomic E-state index is 12.1. The van der Waals surface area contributed by atoms with Crippen LogP contribution in [0.2, 0.25) is 5.02 Å². The van der Waals surface area contributed by atoms with Crippen LogP contribution in [-0.4, -0.2) is 11.5 Å². The number of ketones is 1. The summed E-state index contributed by atoms with van der Waals surface area (Å²) in [6, 6.07) is 13.4. The van der Waals surface area contributed by atoms with Crippen molar-refractivity contribution in [1.82, 2.24) is 0 Å². The van der Waals surface area contributed by atoms with Crippen molar-refractivity contribution < 1.29 is 4.79 Å². The van der Waals surface area contributed by atoms with Gasteiger partial charge in [0.1, 0.15) is 0 Å². The third-order valence-electron chi connectivity index (χ3n) is 3.02. The minimum absolute atomic E-state index is 0.0637. The van der Waals surface area contributed by atoms with Gasteiger partial charge in [-0.3, -0.25) is 4.79 Å². The van der Waals surface area contributed by atoms with Gasteiger partial charge in [0.25, 0.3) is 0 Å². The number of hydrogen-bond donors (Lipinski definition) is 0. The molecule has 0 amide bonds. The lowest BCUT2D eigenvalue weighted by molar-refractivity contribution is 0.102. The smallest absolute Gasteiger partial charge is 0.174 e. The Hall–Kier alpha value is -1.25. The van der Waals surface area contributed by atoms with Gasteiger partial charge in [0, 0.05) is 10.5 Å². The molecule has 0 fully saturated rings. The molecule has 19 heavy (non-hydrogen) atoms. The highest BCUT2D eigenvalue weighted by Crippen LogP contribution is 2.23. The molecule has 0 unspecified atom stereocenters. The lowest BCUT2D eigenvalue weighted by atomic mass is 10.1. The molecule has 0 aliphatic carbocycles. The summed E-state index contributed by atoms with van der Waals surface area (Å²) in [5.74, 6) is 0.473. The first-order chi connectivity index (χ1) is 9.08. The Bertz CT molecular complexity index is 607. The number of benzene rings is 2. The predicted octanol–water partition coefficient (Wildman–Crippen LogP) is 4.93. The summed E-state index contributed by atoms with van der Waals surface area (Å²) >= 11 is 7.56. The van der Waals surface area contributed by atoms with Gasteiger partial charge in [0.05, 0.1) is 10.8 Å². The van der Waals surface area contributed by atoms with E-state index >= 15 is 0 Å². The number of thioether (sulfide) groups is 1. The Morgan fingerprint density at radius 3 is 2.53 bits per heavy atom. The van der Waals surface area contributed by atoms with E-state index in [9.17, 15) is 4.79 Å². The van der Waals surface area contributed by atoms with E-state index in [4.69, 9.17) is 11.6 Å². The van der Waals surface area contributed by atoms with Gasteiger partial charge in [-0.2, -0.15) is 0 Å². The van der Waals surface area contributed by atoms with Crippen LogP contribution in [0.3, 0.4) is 0 Å². The average Bonchev–Trinajstić information content (AvgIpc) is 2.40. The monoisotopic (exact) mass is 290 g/mol. The molecule has 0 heterocycles. The molecule has 0 aromatic heterocycles. The Kier molecular flexibility index (Phi) is 4.67. The van der Waals surface area contributed by atoms with Crippen LogP contribution < -0.4 is 0 Å². The highest BCUT2D eigenvalue weighted by atomic mass is 35.5. The quantitative estimate of drug-likeness (QED) is 0.586. The van der Waals surface area contributed by atoms with Crippen molar-refractivity contribution in [2.45, 2.75) is 18.7 Å². The second-order valence-electron chi connectivity index (χ2n) is 4.44.